The van der Waals surface area contributed by atoms with Crippen LogP contribution in [-0.4, -0.2) is 0 Å². The van der Waals surface area contributed by atoms with E-state index in [0.717, 1.165) is 15.5 Å². The number of allylic oxidation sites excluding steroid dienone is 4. The molecule has 0 aliphatic carbocycles. The largest absolute Gasteiger partial charge is 0.151 e. The molecule has 1 aromatic rings. The second-order valence-corrected chi connectivity index (χ2v) is 4.26. The van der Waals surface area contributed by atoms with E-state index < -0.39 is 0 Å². The molecule has 1 aromatic carbocycles. The zero-order valence-electron chi connectivity index (χ0n) is 9.54. The van der Waals surface area contributed by atoms with Gasteiger partial charge in [-0.15, -0.1) is 25.3 Å². The topological polar surface area (TPSA) is 24.7 Å². The fraction of sp³-hybridized carbons (Fsp3) is 0.0769. The van der Waals surface area contributed by atoms with Crippen LogP contribution in [0, 0.1) is 0 Å². The van der Waals surface area contributed by atoms with Crippen molar-refractivity contribution in [1.29, 1.82) is 0 Å². The molecule has 0 fully saturated rings. The van der Waals surface area contributed by atoms with E-state index in [-0.39, 0.29) is 0 Å². The molecular formula is C13H14N2S2. The van der Waals surface area contributed by atoms with Gasteiger partial charge in [0.15, 0.2) is 0 Å². The lowest BCUT2D eigenvalue weighted by molar-refractivity contribution is 1.15. The summed E-state index contributed by atoms with van der Waals surface area (Å²) in [6.07, 6.45) is 7.28. The zero-order chi connectivity index (χ0) is 12.7. The molecule has 0 atom stereocenters. The minimum atomic E-state index is 0.702. The molecule has 0 unspecified atom stereocenters. The number of thiol groups is 2. The van der Waals surface area contributed by atoms with Gasteiger partial charge in [0.2, 0.25) is 0 Å². The van der Waals surface area contributed by atoms with Gasteiger partial charge in [-0.1, -0.05) is 18.7 Å². The Morgan fingerprint density at radius 1 is 1.24 bits per heavy atom. The van der Waals surface area contributed by atoms with Gasteiger partial charge in [-0.05, 0) is 37.3 Å². The summed E-state index contributed by atoms with van der Waals surface area (Å²) in [6.45, 7) is 5.61. The molecule has 0 aliphatic rings. The first-order chi connectivity index (χ1) is 8.15. The lowest BCUT2D eigenvalue weighted by Gasteiger charge is -1.97. The van der Waals surface area contributed by atoms with Crippen molar-refractivity contribution < 1.29 is 0 Å². The Morgan fingerprint density at radius 3 is 2.41 bits per heavy atom. The second kappa shape index (κ2) is 7.14. The molecule has 0 N–H and O–H groups in total. The van der Waals surface area contributed by atoms with Crippen LogP contribution in [0.15, 0.2) is 74.8 Å². The normalized spacial score (nSPS) is 12.5. The Balaban J connectivity index is 2.92. The van der Waals surface area contributed by atoms with E-state index >= 15 is 0 Å². The number of rotatable bonds is 4. The smallest absolute Gasteiger partial charge is 0.0879 e. The van der Waals surface area contributed by atoms with Crippen LogP contribution in [0.25, 0.3) is 0 Å². The molecule has 0 spiro atoms. The highest BCUT2D eigenvalue weighted by atomic mass is 32.1. The van der Waals surface area contributed by atoms with Crippen molar-refractivity contribution in [3.8, 4) is 0 Å². The predicted molar refractivity (Wildman–Crippen MR) is 78.6 cm³/mol. The molecule has 2 nitrogen and oxygen atoms in total. The lowest BCUT2D eigenvalue weighted by atomic mass is 10.3. The first kappa shape index (κ1) is 13.8. The number of hydrogen-bond acceptors (Lipinski definition) is 4. The van der Waals surface area contributed by atoms with Gasteiger partial charge in [0.05, 0.1) is 11.4 Å². The third kappa shape index (κ3) is 5.06. The molecule has 4 heteroatoms. The molecule has 0 amide bonds. The standard InChI is InChI=1S/C13H14N2S2/c1-3-5-6-10(4-2)14-15-11-7-12(16)9-13(17)8-11/h3-9,16-17H,2H2,1H3/b5-3-,10-6+,15-14?. The van der Waals surface area contributed by atoms with Gasteiger partial charge >= 0.3 is 0 Å². The van der Waals surface area contributed by atoms with E-state index in [1.807, 2.05) is 43.4 Å². The predicted octanol–water partition coefficient (Wildman–Crippen LogP) is 4.99. The van der Waals surface area contributed by atoms with Crippen LogP contribution in [-0.2, 0) is 0 Å². The van der Waals surface area contributed by atoms with Crippen molar-refractivity contribution in [2.75, 3.05) is 0 Å². The van der Waals surface area contributed by atoms with Crippen LogP contribution in [0.4, 0.5) is 5.69 Å². The van der Waals surface area contributed by atoms with Crippen molar-refractivity contribution in [3.05, 3.63) is 54.8 Å². The van der Waals surface area contributed by atoms with Crippen LogP contribution in [0.2, 0.25) is 0 Å². The van der Waals surface area contributed by atoms with E-state index in [1.165, 1.54) is 0 Å². The van der Waals surface area contributed by atoms with Crippen LogP contribution < -0.4 is 0 Å². The van der Waals surface area contributed by atoms with Gasteiger partial charge in [-0.2, -0.15) is 10.2 Å². The molecule has 17 heavy (non-hydrogen) atoms. The fourth-order valence-electron chi connectivity index (χ4n) is 1.09. The quantitative estimate of drug-likeness (QED) is 0.434. The maximum Gasteiger partial charge on any atom is 0.0879 e. The number of nitrogens with zero attached hydrogens (tertiary/aromatic N) is 2. The van der Waals surface area contributed by atoms with Crippen LogP contribution >= 0.6 is 25.3 Å². The average molecular weight is 262 g/mol. The first-order valence-corrected chi connectivity index (χ1v) is 5.95. The molecule has 88 valence electrons. The SMILES string of the molecule is C=C/C(=C\C=C/C)N=Nc1cc(S)cc(S)c1. The van der Waals surface area contributed by atoms with Crippen molar-refractivity contribution in [1.82, 2.24) is 0 Å². The van der Waals surface area contributed by atoms with Crippen molar-refractivity contribution in [2.24, 2.45) is 10.2 Å². The molecule has 0 heterocycles. The second-order valence-electron chi connectivity index (χ2n) is 3.23. The third-order valence-electron chi connectivity index (χ3n) is 1.84. The average Bonchev–Trinajstić information content (AvgIpc) is 2.28. The summed E-state index contributed by atoms with van der Waals surface area (Å²) >= 11 is 8.50. The highest BCUT2D eigenvalue weighted by molar-refractivity contribution is 7.81. The van der Waals surface area contributed by atoms with Gasteiger partial charge in [-0.3, -0.25) is 0 Å². The Bertz CT molecular complexity index is 468. The van der Waals surface area contributed by atoms with Gasteiger partial charge < -0.3 is 0 Å². The van der Waals surface area contributed by atoms with E-state index in [2.05, 4.69) is 42.1 Å². The molecular weight excluding hydrogens is 248 g/mol. The van der Waals surface area contributed by atoms with Gasteiger partial charge in [0.1, 0.15) is 0 Å². The highest BCUT2D eigenvalue weighted by Gasteiger charge is 1.95. The molecule has 1 rings (SSSR count). The minimum absolute atomic E-state index is 0.702. The van der Waals surface area contributed by atoms with Crippen LogP contribution in [0.5, 0.6) is 0 Å². The zero-order valence-corrected chi connectivity index (χ0v) is 11.3. The molecule has 0 saturated carbocycles. The summed E-state index contributed by atoms with van der Waals surface area (Å²) in [5.74, 6) is 0. The molecule has 0 aliphatic heterocycles. The summed E-state index contributed by atoms with van der Waals surface area (Å²) in [7, 11) is 0. The third-order valence-corrected chi connectivity index (χ3v) is 2.35. The highest BCUT2D eigenvalue weighted by Crippen LogP contribution is 2.23. The Kier molecular flexibility index (Phi) is 5.80. The van der Waals surface area contributed by atoms with Gasteiger partial charge in [-0.25, -0.2) is 0 Å². The maximum absolute atomic E-state index is 4.25. The fourth-order valence-corrected chi connectivity index (χ4v) is 1.73. The van der Waals surface area contributed by atoms with Crippen LogP contribution in [0.3, 0.4) is 0 Å². The summed E-state index contributed by atoms with van der Waals surface area (Å²) in [6, 6.07) is 5.49. The minimum Gasteiger partial charge on any atom is -0.151 e. The summed E-state index contributed by atoms with van der Waals surface area (Å²) in [4.78, 5) is 1.62. The van der Waals surface area contributed by atoms with Gasteiger partial charge in [0, 0.05) is 9.79 Å². The number of hydrogen-bond donors (Lipinski definition) is 2. The molecule has 0 saturated heterocycles. The Hall–Kier alpha value is -1.26. The van der Waals surface area contributed by atoms with Crippen molar-refractivity contribution in [3.63, 3.8) is 0 Å². The molecule has 0 radical (unpaired) electrons. The lowest BCUT2D eigenvalue weighted by Crippen LogP contribution is -1.71. The number of benzene rings is 1. The molecule has 0 bridgehead atoms. The maximum atomic E-state index is 4.25. The Labute approximate surface area is 113 Å². The van der Waals surface area contributed by atoms with Crippen LogP contribution in [0.1, 0.15) is 6.92 Å². The van der Waals surface area contributed by atoms with Gasteiger partial charge in [0.25, 0.3) is 0 Å². The Morgan fingerprint density at radius 2 is 1.88 bits per heavy atom. The summed E-state index contributed by atoms with van der Waals surface area (Å²) < 4.78 is 0. The summed E-state index contributed by atoms with van der Waals surface area (Å²) in [5, 5.41) is 8.19. The van der Waals surface area contributed by atoms with E-state index in [1.54, 1.807) is 6.08 Å². The van der Waals surface area contributed by atoms with E-state index in [4.69, 9.17) is 0 Å². The van der Waals surface area contributed by atoms with E-state index in [0.29, 0.717) is 5.70 Å². The van der Waals surface area contributed by atoms with E-state index in [9.17, 15) is 0 Å². The van der Waals surface area contributed by atoms with Crippen molar-refractivity contribution >= 4 is 30.9 Å². The monoisotopic (exact) mass is 262 g/mol. The first-order valence-electron chi connectivity index (χ1n) is 5.06. The summed E-state index contributed by atoms with van der Waals surface area (Å²) in [5.41, 5.74) is 1.42. The van der Waals surface area contributed by atoms with Crippen molar-refractivity contribution in [2.45, 2.75) is 16.7 Å². The molecule has 0 aromatic heterocycles. The number of azo groups is 1.